The van der Waals surface area contributed by atoms with E-state index in [1.165, 1.54) is 5.56 Å². The molecule has 21 heavy (non-hydrogen) atoms. The van der Waals surface area contributed by atoms with Crippen LogP contribution in [0.25, 0.3) is 0 Å². The summed E-state index contributed by atoms with van der Waals surface area (Å²) in [7, 11) is 2.10. The number of piperazine rings is 1. The molecule has 1 saturated heterocycles. The van der Waals surface area contributed by atoms with Gasteiger partial charge in [-0.3, -0.25) is 4.79 Å². The fourth-order valence-corrected chi connectivity index (χ4v) is 2.83. The van der Waals surface area contributed by atoms with Gasteiger partial charge in [0.25, 0.3) is 0 Å². The third-order valence-corrected chi connectivity index (χ3v) is 4.59. The van der Waals surface area contributed by atoms with Gasteiger partial charge in [0.2, 0.25) is 5.91 Å². The first-order valence-electron chi connectivity index (χ1n) is 7.84. The summed E-state index contributed by atoms with van der Waals surface area (Å²) in [5.41, 5.74) is 7.36. The van der Waals surface area contributed by atoms with E-state index < -0.39 is 6.04 Å². The highest BCUT2D eigenvalue weighted by Crippen LogP contribution is 2.26. The Labute approximate surface area is 127 Å². The summed E-state index contributed by atoms with van der Waals surface area (Å²) in [5.74, 6) is 0.305. The number of amides is 1. The molecular weight excluding hydrogens is 262 g/mol. The highest BCUT2D eigenvalue weighted by Gasteiger charge is 2.33. The molecule has 0 aliphatic carbocycles. The number of rotatable bonds is 4. The monoisotopic (exact) mass is 289 g/mol. The van der Waals surface area contributed by atoms with Gasteiger partial charge in [-0.25, -0.2) is 0 Å². The van der Waals surface area contributed by atoms with Crippen LogP contribution in [0.4, 0.5) is 0 Å². The number of nitrogens with two attached hydrogens (primary N) is 1. The van der Waals surface area contributed by atoms with Crippen LogP contribution in [0.1, 0.15) is 31.9 Å². The summed E-state index contributed by atoms with van der Waals surface area (Å²) >= 11 is 0. The highest BCUT2D eigenvalue weighted by atomic mass is 16.2. The third kappa shape index (κ3) is 3.63. The van der Waals surface area contributed by atoms with Crippen LogP contribution in [0.15, 0.2) is 30.3 Å². The zero-order valence-corrected chi connectivity index (χ0v) is 13.3. The second kappa shape index (κ2) is 7.05. The molecule has 2 N–H and O–H groups in total. The molecule has 2 unspecified atom stereocenters. The van der Waals surface area contributed by atoms with Gasteiger partial charge in [-0.2, -0.15) is 0 Å². The maximum absolute atomic E-state index is 12.8. The van der Waals surface area contributed by atoms with E-state index in [9.17, 15) is 4.79 Å². The van der Waals surface area contributed by atoms with Gasteiger partial charge >= 0.3 is 0 Å². The SMILES string of the molecule is CCC(C)[C@H](N)C(=O)N1CCN(C)CC1c1ccccc1. The van der Waals surface area contributed by atoms with Crippen molar-refractivity contribution in [3.8, 4) is 0 Å². The van der Waals surface area contributed by atoms with Crippen molar-refractivity contribution in [2.45, 2.75) is 32.4 Å². The van der Waals surface area contributed by atoms with Crippen molar-refractivity contribution in [2.75, 3.05) is 26.7 Å². The molecule has 1 aliphatic heterocycles. The average molecular weight is 289 g/mol. The van der Waals surface area contributed by atoms with Gasteiger partial charge in [0.1, 0.15) is 0 Å². The normalized spacial score (nSPS) is 22.9. The third-order valence-electron chi connectivity index (χ3n) is 4.59. The fraction of sp³-hybridized carbons (Fsp3) is 0.588. The Bertz CT molecular complexity index is 462. The van der Waals surface area contributed by atoms with Gasteiger partial charge in [-0.1, -0.05) is 50.6 Å². The van der Waals surface area contributed by atoms with Crippen molar-refractivity contribution in [2.24, 2.45) is 11.7 Å². The van der Waals surface area contributed by atoms with Crippen molar-refractivity contribution in [1.29, 1.82) is 0 Å². The van der Waals surface area contributed by atoms with Crippen LogP contribution < -0.4 is 5.73 Å². The van der Waals surface area contributed by atoms with Crippen LogP contribution in [-0.2, 0) is 4.79 Å². The number of nitrogens with zero attached hydrogens (tertiary/aromatic N) is 2. The summed E-state index contributed by atoms with van der Waals surface area (Å²) in [6, 6.07) is 9.96. The molecule has 0 bridgehead atoms. The number of carbonyl (C=O) groups excluding carboxylic acids is 1. The predicted octanol–water partition coefficient (Wildman–Crippen LogP) is 1.88. The summed E-state index contributed by atoms with van der Waals surface area (Å²) in [4.78, 5) is 17.0. The lowest BCUT2D eigenvalue weighted by atomic mass is 9.96. The Kier molecular flexibility index (Phi) is 5.37. The summed E-state index contributed by atoms with van der Waals surface area (Å²) < 4.78 is 0. The van der Waals surface area contributed by atoms with Crippen LogP contribution in [0.3, 0.4) is 0 Å². The first-order chi connectivity index (χ1) is 10.0. The van der Waals surface area contributed by atoms with E-state index in [4.69, 9.17) is 5.73 Å². The van der Waals surface area contributed by atoms with Crippen molar-refractivity contribution in [3.63, 3.8) is 0 Å². The smallest absolute Gasteiger partial charge is 0.240 e. The largest absolute Gasteiger partial charge is 0.332 e. The Morgan fingerprint density at radius 1 is 1.33 bits per heavy atom. The zero-order valence-electron chi connectivity index (χ0n) is 13.3. The first kappa shape index (κ1) is 16.0. The quantitative estimate of drug-likeness (QED) is 0.920. The Hall–Kier alpha value is -1.39. The minimum atomic E-state index is -0.399. The predicted molar refractivity (Wildman–Crippen MR) is 85.8 cm³/mol. The number of hydrogen-bond donors (Lipinski definition) is 1. The number of hydrogen-bond acceptors (Lipinski definition) is 3. The van der Waals surface area contributed by atoms with Crippen LogP contribution in [0.5, 0.6) is 0 Å². The summed E-state index contributed by atoms with van der Waals surface area (Å²) in [6.07, 6.45) is 0.927. The molecule has 116 valence electrons. The van der Waals surface area contributed by atoms with Crippen molar-refractivity contribution < 1.29 is 4.79 Å². The van der Waals surface area contributed by atoms with E-state index in [1.807, 2.05) is 23.1 Å². The zero-order chi connectivity index (χ0) is 15.4. The molecule has 1 fully saturated rings. The van der Waals surface area contributed by atoms with E-state index in [0.717, 1.165) is 26.1 Å². The molecule has 1 heterocycles. The van der Waals surface area contributed by atoms with Gasteiger partial charge in [0, 0.05) is 19.6 Å². The van der Waals surface area contributed by atoms with E-state index in [0.29, 0.717) is 0 Å². The van der Waals surface area contributed by atoms with Crippen LogP contribution in [-0.4, -0.2) is 48.4 Å². The van der Waals surface area contributed by atoms with Crippen LogP contribution >= 0.6 is 0 Å². The molecular formula is C17H27N3O. The van der Waals surface area contributed by atoms with E-state index in [1.54, 1.807) is 0 Å². The molecule has 4 nitrogen and oxygen atoms in total. The van der Waals surface area contributed by atoms with Gasteiger partial charge in [0.15, 0.2) is 0 Å². The molecule has 1 amide bonds. The maximum atomic E-state index is 12.8. The fourth-order valence-electron chi connectivity index (χ4n) is 2.83. The van der Waals surface area contributed by atoms with Crippen molar-refractivity contribution >= 4 is 5.91 Å². The van der Waals surface area contributed by atoms with E-state index >= 15 is 0 Å². The Morgan fingerprint density at radius 2 is 2.00 bits per heavy atom. The summed E-state index contributed by atoms with van der Waals surface area (Å²) in [5, 5.41) is 0. The number of likely N-dealkylation sites (N-methyl/N-ethyl adjacent to an activating group) is 1. The maximum Gasteiger partial charge on any atom is 0.240 e. The van der Waals surface area contributed by atoms with Gasteiger partial charge in [0.05, 0.1) is 12.1 Å². The molecule has 1 aromatic carbocycles. The molecule has 0 saturated carbocycles. The minimum absolute atomic E-state index is 0.0892. The topological polar surface area (TPSA) is 49.6 Å². The Balaban J connectivity index is 2.21. The first-order valence-corrected chi connectivity index (χ1v) is 7.84. The molecule has 4 heteroatoms. The van der Waals surface area contributed by atoms with Crippen molar-refractivity contribution in [1.82, 2.24) is 9.80 Å². The molecule has 0 spiro atoms. The van der Waals surface area contributed by atoms with E-state index in [2.05, 4.69) is 37.9 Å². The second-order valence-corrected chi connectivity index (χ2v) is 6.13. The van der Waals surface area contributed by atoms with Gasteiger partial charge in [-0.15, -0.1) is 0 Å². The lowest BCUT2D eigenvalue weighted by Gasteiger charge is -2.42. The van der Waals surface area contributed by atoms with Gasteiger partial charge < -0.3 is 15.5 Å². The van der Waals surface area contributed by atoms with E-state index in [-0.39, 0.29) is 17.9 Å². The lowest BCUT2D eigenvalue weighted by Crippen LogP contribution is -2.55. The van der Waals surface area contributed by atoms with Crippen molar-refractivity contribution in [3.05, 3.63) is 35.9 Å². The van der Waals surface area contributed by atoms with Crippen LogP contribution in [0.2, 0.25) is 0 Å². The lowest BCUT2D eigenvalue weighted by molar-refractivity contribution is -0.138. The summed E-state index contributed by atoms with van der Waals surface area (Å²) in [6.45, 7) is 6.65. The second-order valence-electron chi connectivity index (χ2n) is 6.13. The molecule has 2 rings (SSSR count). The van der Waals surface area contributed by atoms with Gasteiger partial charge in [-0.05, 0) is 18.5 Å². The van der Waals surface area contributed by atoms with Crippen LogP contribution in [0, 0.1) is 5.92 Å². The standard InChI is InChI=1S/C17H27N3O/c1-4-13(2)16(18)17(21)20-11-10-19(3)12-15(20)14-8-6-5-7-9-14/h5-9,13,15-16H,4,10-12,18H2,1-3H3/t13?,15?,16-/m0/s1. The Morgan fingerprint density at radius 3 is 2.62 bits per heavy atom. The average Bonchev–Trinajstić information content (AvgIpc) is 2.53. The highest BCUT2D eigenvalue weighted by molar-refractivity contribution is 5.82. The number of benzene rings is 1. The molecule has 0 aromatic heterocycles. The molecule has 1 aromatic rings. The molecule has 1 aliphatic rings. The molecule has 3 atom stereocenters. The number of carbonyl (C=O) groups is 1. The molecule has 0 radical (unpaired) electrons. The minimum Gasteiger partial charge on any atom is -0.332 e.